The highest BCUT2D eigenvalue weighted by Gasteiger charge is 2.19. The highest BCUT2D eigenvalue weighted by atomic mass is 16.7. The van der Waals surface area contributed by atoms with Crippen LogP contribution in [0.5, 0.6) is 0 Å². The molecule has 0 aromatic carbocycles. The molecule has 0 amide bonds. The number of ether oxygens (including phenoxy) is 3. The molecule has 0 aliphatic heterocycles. The molecule has 6 nitrogen and oxygen atoms in total. The number of hydrogen-bond donors (Lipinski definition) is 0. The SMILES string of the molecule is CCCCCCCCCOC(=O)OCCCCCCN(CC)CCCCCCOC(=O)C(CCCCCC)CCCCCCCC. The molecule has 0 saturated heterocycles. The summed E-state index contributed by atoms with van der Waals surface area (Å²) in [7, 11) is 0. The Labute approximate surface area is 286 Å². The first-order valence-electron chi connectivity index (χ1n) is 20.3. The van der Waals surface area contributed by atoms with Crippen LogP contribution >= 0.6 is 0 Å². The van der Waals surface area contributed by atoms with Crippen LogP contribution in [0.15, 0.2) is 0 Å². The van der Waals surface area contributed by atoms with Gasteiger partial charge in [0.05, 0.1) is 25.7 Å². The van der Waals surface area contributed by atoms with Gasteiger partial charge in [-0.25, -0.2) is 4.79 Å². The van der Waals surface area contributed by atoms with Crippen LogP contribution in [0.25, 0.3) is 0 Å². The van der Waals surface area contributed by atoms with Crippen molar-refractivity contribution in [2.75, 3.05) is 39.5 Å². The van der Waals surface area contributed by atoms with Crippen molar-refractivity contribution in [2.24, 2.45) is 5.92 Å². The molecule has 0 spiro atoms. The molecule has 0 aliphatic carbocycles. The van der Waals surface area contributed by atoms with Crippen molar-refractivity contribution in [1.29, 1.82) is 0 Å². The lowest BCUT2D eigenvalue weighted by Gasteiger charge is -2.20. The van der Waals surface area contributed by atoms with Gasteiger partial charge in [-0.1, -0.05) is 156 Å². The molecule has 0 fully saturated rings. The van der Waals surface area contributed by atoms with Crippen molar-refractivity contribution in [2.45, 2.75) is 201 Å². The zero-order chi connectivity index (χ0) is 33.8. The molecule has 0 radical (unpaired) electrons. The van der Waals surface area contributed by atoms with Crippen molar-refractivity contribution in [3.63, 3.8) is 0 Å². The normalized spacial score (nSPS) is 12.0. The summed E-state index contributed by atoms with van der Waals surface area (Å²) < 4.78 is 16.2. The van der Waals surface area contributed by atoms with Gasteiger partial charge in [0, 0.05) is 0 Å². The van der Waals surface area contributed by atoms with Gasteiger partial charge in [0.25, 0.3) is 0 Å². The number of unbranched alkanes of at least 4 members (excludes halogenated alkanes) is 20. The zero-order valence-corrected chi connectivity index (χ0v) is 31.4. The second-order valence-electron chi connectivity index (χ2n) is 13.6. The van der Waals surface area contributed by atoms with E-state index < -0.39 is 6.16 Å². The third-order valence-corrected chi connectivity index (χ3v) is 9.26. The fourth-order valence-electron chi connectivity index (χ4n) is 6.08. The monoisotopic (exact) mass is 654 g/mol. The van der Waals surface area contributed by atoms with Crippen molar-refractivity contribution in [3.05, 3.63) is 0 Å². The minimum Gasteiger partial charge on any atom is -0.465 e. The molecule has 6 heteroatoms. The van der Waals surface area contributed by atoms with E-state index in [9.17, 15) is 9.59 Å². The van der Waals surface area contributed by atoms with E-state index in [-0.39, 0.29) is 11.9 Å². The molecule has 0 N–H and O–H groups in total. The molecule has 0 saturated carbocycles. The summed E-state index contributed by atoms with van der Waals surface area (Å²) in [6.07, 6.45) is 31.4. The molecule has 1 atom stereocenters. The number of nitrogens with zero attached hydrogens (tertiary/aromatic N) is 1. The van der Waals surface area contributed by atoms with E-state index in [2.05, 4.69) is 32.6 Å². The topological polar surface area (TPSA) is 65.1 Å². The van der Waals surface area contributed by atoms with Gasteiger partial charge in [-0.15, -0.1) is 0 Å². The fourth-order valence-corrected chi connectivity index (χ4v) is 6.08. The molecule has 1 unspecified atom stereocenters. The number of carbonyl (C=O) groups is 2. The van der Waals surface area contributed by atoms with Gasteiger partial charge in [0.1, 0.15) is 0 Å². The lowest BCUT2D eigenvalue weighted by molar-refractivity contribution is -0.149. The smallest absolute Gasteiger partial charge is 0.465 e. The van der Waals surface area contributed by atoms with Crippen molar-refractivity contribution < 1.29 is 23.8 Å². The Kier molecular flexibility index (Phi) is 35.5. The van der Waals surface area contributed by atoms with Crippen LogP contribution in [0, 0.1) is 5.92 Å². The van der Waals surface area contributed by atoms with E-state index >= 15 is 0 Å². The van der Waals surface area contributed by atoms with Crippen LogP contribution < -0.4 is 0 Å². The maximum absolute atomic E-state index is 12.8. The molecule has 0 aromatic heterocycles. The molecule has 0 aromatic rings. The highest BCUT2D eigenvalue weighted by molar-refractivity contribution is 5.72. The first-order valence-corrected chi connectivity index (χ1v) is 20.3. The highest BCUT2D eigenvalue weighted by Crippen LogP contribution is 2.21. The van der Waals surface area contributed by atoms with Gasteiger partial charge in [-0.05, 0) is 64.6 Å². The third kappa shape index (κ3) is 31.3. The average molecular weight is 654 g/mol. The van der Waals surface area contributed by atoms with Gasteiger partial charge < -0.3 is 19.1 Å². The van der Waals surface area contributed by atoms with Crippen molar-refractivity contribution in [3.8, 4) is 0 Å². The number of carbonyl (C=O) groups excluding carboxylic acids is 2. The van der Waals surface area contributed by atoms with Gasteiger partial charge >= 0.3 is 12.1 Å². The largest absolute Gasteiger partial charge is 0.508 e. The van der Waals surface area contributed by atoms with Crippen molar-refractivity contribution >= 4 is 12.1 Å². The van der Waals surface area contributed by atoms with E-state index in [0.29, 0.717) is 19.8 Å². The van der Waals surface area contributed by atoms with Crippen LogP contribution in [0.1, 0.15) is 201 Å². The summed E-state index contributed by atoms with van der Waals surface area (Å²) in [6, 6.07) is 0. The summed E-state index contributed by atoms with van der Waals surface area (Å²) in [5, 5.41) is 0. The Morgan fingerprint density at radius 3 is 1.22 bits per heavy atom. The minimum atomic E-state index is -0.508. The van der Waals surface area contributed by atoms with E-state index in [4.69, 9.17) is 14.2 Å². The van der Waals surface area contributed by atoms with Crippen LogP contribution in [0.2, 0.25) is 0 Å². The quantitative estimate of drug-likeness (QED) is 0.0495. The Morgan fingerprint density at radius 1 is 0.435 bits per heavy atom. The number of hydrogen-bond acceptors (Lipinski definition) is 6. The Morgan fingerprint density at radius 2 is 0.783 bits per heavy atom. The van der Waals surface area contributed by atoms with E-state index in [1.54, 1.807) is 0 Å². The predicted molar refractivity (Wildman–Crippen MR) is 196 cm³/mol. The third-order valence-electron chi connectivity index (χ3n) is 9.26. The summed E-state index contributed by atoms with van der Waals surface area (Å²) >= 11 is 0. The maximum atomic E-state index is 12.8. The summed E-state index contributed by atoms with van der Waals surface area (Å²) in [6.45, 7) is 13.9. The number of esters is 1. The molecule has 46 heavy (non-hydrogen) atoms. The molecular weight excluding hydrogens is 574 g/mol. The molecular formula is C40H79NO5. The molecule has 0 rings (SSSR count). The summed E-state index contributed by atoms with van der Waals surface area (Å²) in [5.74, 6) is 0.169. The Hall–Kier alpha value is -1.30. The average Bonchev–Trinajstić information content (AvgIpc) is 3.06. The van der Waals surface area contributed by atoms with Gasteiger partial charge in [-0.3, -0.25) is 4.79 Å². The lowest BCUT2D eigenvalue weighted by atomic mass is 9.94. The fraction of sp³-hybridized carbons (Fsp3) is 0.950. The summed E-state index contributed by atoms with van der Waals surface area (Å²) in [4.78, 5) is 27.1. The predicted octanol–water partition coefficient (Wildman–Crippen LogP) is 12.2. The van der Waals surface area contributed by atoms with E-state index in [1.807, 2.05) is 0 Å². The minimum absolute atomic E-state index is 0.0625. The van der Waals surface area contributed by atoms with Gasteiger partial charge in [0.2, 0.25) is 0 Å². The van der Waals surface area contributed by atoms with Crippen LogP contribution in [-0.4, -0.2) is 56.5 Å². The van der Waals surface area contributed by atoms with E-state index in [0.717, 1.165) is 90.3 Å². The Bertz CT molecular complexity index is 643. The van der Waals surface area contributed by atoms with E-state index in [1.165, 1.54) is 103 Å². The zero-order valence-electron chi connectivity index (χ0n) is 31.4. The second-order valence-corrected chi connectivity index (χ2v) is 13.6. The van der Waals surface area contributed by atoms with Crippen molar-refractivity contribution in [1.82, 2.24) is 4.90 Å². The first-order chi connectivity index (χ1) is 22.6. The summed E-state index contributed by atoms with van der Waals surface area (Å²) in [5.41, 5.74) is 0. The Balaban J connectivity index is 3.81. The molecule has 0 bridgehead atoms. The van der Waals surface area contributed by atoms with Crippen LogP contribution in [0.3, 0.4) is 0 Å². The standard InChI is InChI=1S/C40H79NO5/c1-5-9-12-15-17-21-29-36-45-40(43)46-37-30-23-20-27-34-41(8-4)33-26-19-22-28-35-44-39(42)38(31-24-14-11-7-3)32-25-18-16-13-10-6-2/h38H,5-37H2,1-4H3. The van der Waals surface area contributed by atoms with Crippen LogP contribution in [-0.2, 0) is 19.0 Å². The second kappa shape index (κ2) is 36.5. The molecule has 274 valence electrons. The van der Waals surface area contributed by atoms with Gasteiger partial charge in [-0.2, -0.15) is 0 Å². The van der Waals surface area contributed by atoms with Gasteiger partial charge in [0.15, 0.2) is 0 Å². The van der Waals surface area contributed by atoms with Crippen LogP contribution in [0.4, 0.5) is 4.79 Å². The molecule has 0 aliphatic rings. The maximum Gasteiger partial charge on any atom is 0.508 e. The molecule has 0 heterocycles. The lowest BCUT2D eigenvalue weighted by Crippen LogP contribution is -2.25. The number of rotatable bonds is 36. The first kappa shape index (κ1) is 44.7.